The van der Waals surface area contributed by atoms with E-state index < -0.39 is 0 Å². The van der Waals surface area contributed by atoms with E-state index in [0.29, 0.717) is 0 Å². The molecule has 0 radical (unpaired) electrons. The van der Waals surface area contributed by atoms with E-state index in [0.717, 1.165) is 27.6 Å². The quantitative estimate of drug-likeness (QED) is 0.562. The third-order valence-corrected chi connectivity index (χ3v) is 5.13. The molecule has 0 aliphatic heterocycles. The Labute approximate surface area is 143 Å². The van der Waals surface area contributed by atoms with Crippen molar-refractivity contribution in [3.8, 4) is 10.6 Å². The van der Waals surface area contributed by atoms with Crippen LogP contribution in [0.4, 0.5) is 0 Å². The highest BCUT2D eigenvalue weighted by Gasteiger charge is 2.06. The van der Waals surface area contributed by atoms with E-state index in [1.165, 1.54) is 51.4 Å². The summed E-state index contributed by atoms with van der Waals surface area (Å²) in [4.78, 5) is 0. The Morgan fingerprint density at radius 2 is 1.52 bits per heavy atom. The molecule has 2 rings (SSSR count). The maximum atomic E-state index is 9.08. The van der Waals surface area contributed by atoms with Crippen LogP contribution in [0.15, 0.2) is 24.3 Å². The van der Waals surface area contributed by atoms with E-state index in [4.69, 9.17) is 5.11 Å². The summed E-state index contributed by atoms with van der Waals surface area (Å²) in [5, 5.41) is 19.8. The van der Waals surface area contributed by atoms with E-state index in [9.17, 15) is 0 Å². The fourth-order valence-electron chi connectivity index (χ4n) is 2.63. The Morgan fingerprint density at radius 1 is 0.870 bits per heavy atom. The van der Waals surface area contributed by atoms with Crippen LogP contribution in [0, 0.1) is 0 Å². The monoisotopic (exact) mass is 332 g/mol. The second-order valence-electron chi connectivity index (χ2n) is 6.08. The first-order chi connectivity index (χ1) is 11.3. The van der Waals surface area contributed by atoms with Crippen molar-refractivity contribution >= 4 is 11.3 Å². The highest BCUT2D eigenvalue weighted by Crippen LogP contribution is 2.25. The van der Waals surface area contributed by atoms with Crippen LogP contribution >= 0.6 is 11.3 Å². The number of nitrogens with zero attached hydrogens (tertiary/aromatic N) is 2. The Balaban J connectivity index is 1.68. The van der Waals surface area contributed by atoms with Gasteiger partial charge in [0.2, 0.25) is 0 Å². The fourth-order valence-corrected chi connectivity index (χ4v) is 3.52. The minimum absolute atomic E-state index is 0.0834. The van der Waals surface area contributed by atoms with Crippen LogP contribution in [0.3, 0.4) is 0 Å². The van der Waals surface area contributed by atoms with Gasteiger partial charge in [0, 0.05) is 12.0 Å². The summed E-state index contributed by atoms with van der Waals surface area (Å²) in [6.45, 7) is 2.34. The zero-order chi connectivity index (χ0) is 16.3. The molecule has 0 saturated heterocycles. The molecule has 0 unspecified atom stereocenters. The van der Waals surface area contributed by atoms with Gasteiger partial charge in [-0.1, -0.05) is 87.5 Å². The molecular formula is C19H28N2OS. The van der Waals surface area contributed by atoms with Crippen LogP contribution in [-0.4, -0.2) is 15.3 Å². The van der Waals surface area contributed by atoms with Crippen LogP contribution in [-0.2, 0) is 13.0 Å². The lowest BCUT2D eigenvalue weighted by Crippen LogP contribution is -1.86. The lowest BCUT2D eigenvalue weighted by Gasteiger charge is -2.00. The van der Waals surface area contributed by atoms with Gasteiger partial charge >= 0.3 is 0 Å². The van der Waals surface area contributed by atoms with Crippen LogP contribution in [0.25, 0.3) is 10.6 Å². The predicted octanol–water partition coefficient (Wildman–Crippen LogP) is 5.38. The maximum Gasteiger partial charge on any atom is 0.147 e. The number of aryl methyl sites for hydroxylation is 1. The van der Waals surface area contributed by atoms with Gasteiger partial charge in [-0.25, -0.2) is 0 Å². The van der Waals surface area contributed by atoms with E-state index in [1.54, 1.807) is 11.3 Å². The molecule has 0 bridgehead atoms. The third kappa shape index (κ3) is 6.40. The van der Waals surface area contributed by atoms with Gasteiger partial charge in [0.15, 0.2) is 0 Å². The Bertz CT molecular complexity index is 551. The molecule has 0 spiro atoms. The second kappa shape index (κ2) is 10.5. The number of rotatable bonds is 11. The minimum Gasteiger partial charge on any atom is -0.392 e. The van der Waals surface area contributed by atoms with Crippen molar-refractivity contribution in [3.63, 3.8) is 0 Å². The van der Waals surface area contributed by atoms with Gasteiger partial charge in [-0.15, -0.1) is 10.2 Å². The number of unbranched alkanes of at least 4 members (excludes halogenated alkanes) is 7. The number of hydrogen-bond acceptors (Lipinski definition) is 4. The SMILES string of the molecule is CCCCCCCCCCc1nnc(-c2ccc(CO)cc2)s1. The molecule has 0 fully saturated rings. The molecule has 0 atom stereocenters. The second-order valence-corrected chi connectivity index (χ2v) is 7.14. The minimum atomic E-state index is 0.0834. The molecule has 23 heavy (non-hydrogen) atoms. The van der Waals surface area contributed by atoms with E-state index in [2.05, 4.69) is 17.1 Å². The molecule has 3 nitrogen and oxygen atoms in total. The van der Waals surface area contributed by atoms with Crippen LogP contribution < -0.4 is 0 Å². The van der Waals surface area contributed by atoms with Crippen molar-refractivity contribution < 1.29 is 5.11 Å². The largest absolute Gasteiger partial charge is 0.392 e. The number of aromatic nitrogens is 2. The third-order valence-electron chi connectivity index (χ3n) is 4.09. The lowest BCUT2D eigenvalue weighted by atomic mass is 10.1. The fraction of sp³-hybridized carbons (Fsp3) is 0.579. The van der Waals surface area contributed by atoms with Crippen molar-refractivity contribution in [2.24, 2.45) is 0 Å². The van der Waals surface area contributed by atoms with E-state index in [1.807, 2.05) is 24.3 Å². The van der Waals surface area contributed by atoms with Crippen LogP contribution in [0.2, 0.25) is 0 Å². The average molecular weight is 333 g/mol. The average Bonchev–Trinajstić information content (AvgIpc) is 3.06. The molecule has 0 saturated carbocycles. The highest BCUT2D eigenvalue weighted by molar-refractivity contribution is 7.14. The Kier molecular flexibility index (Phi) is 8.26. The summed E-state index contributed by atoms with van der Waals surface area (Å²) in [5.74, 6) is 0. The maximum absolute atomic E-state index is 9.08. The molecule has 1 N–H and O–H groups in total. The van der Waals surface area contributed by atoms with E-state index >= 15 is 0 Å². The molecular weight excluding hydrogens is 304 g/mol. The van der Waals surface area contributed by atoms with Gasteiger partial charge < -0.3 is 5.11 Å². The Hall–Kier alpha value is -1.26. The number of aliphatic hydroxyl groups is 1. The first kappa shape index (κ1) is 18.1. The number of benzene rings is 1. The van der Waals surface area contributed by atoms with Gasteiger partial charge in [-0.3, -0.25) is 0 Å². The van der Waals surface area contributed by atoms with Gasteiger partial charge in [0.1, 0.15) is 10.0 Å². The predicted molar refractivity (Wildman–Crippen MR) is 97.6 cm³/mol. The molecule has 1 aromatic heterocycles. The molecule has 2 aromatic rings. The lowest BCUT2D eigenvalue weighted by molar-refractivity contribution is 0.282. The summed E-state index contributed by atoms with van der Waals surface area (Å²) in [7, 11) is 0. The Morgan fingerprint density at radius 3 is 2.17 bits per heavy atom. The van der Waals surface area contributed by atoms with Gasteiger partial charge in [0.05, 0.1) is 6.61 Å². The zero-order valence-corrected chi connectivity index (χ0v) is 14.9. The summed E-state index contributed by atoms with van der Waals surface area (Å²) in [5.41, 5.74) is 2.01. The molecule has 126 valence electrons. The normalized spacial score (nSPS) is 11.0. The van der Waals surface area contributed by atoms with Gasteiger partial charge in [0.25, 0.3) is 0 Å². The summed E-state index contributed by atoms with van der Waals surface area (Å²) < 4.78 is 0. The van der Waals surface area contributed by atoms with Gasteiger partial charge in [-0.2, -0.15) is 0 Å². The molecule has 4 heteroatoms. The standard InChI is InChI=1S/C19H28N2OS/c1-2-3-4-5-6-7-8-9-10-18-20-21-19(23-18)17-13-11-16(15-22)12-14-17/h11-14,22H,2-10,15H2,1H3. The molecule has 1 heterocycles. The van der Waals surface area contributed by atoms with Crippen LogP contribution in [0.1, 0.15) is 68.9 Å². The topological polar surface area (TPSA) is 46.0 Å². The summed E-state index contributed by atoms with van der Waals surface area (Å²) in [6, 6.07) is 7.89. The van der Waals surface area contributed by atoms with E-state index in [-0.39, 0.29) is 6.61 Å². The summed E-state index contributed by atoms with van der Waals surface area (Å²) in [6.07, 6.45) is 11.8. The molecule has 0 aliphatic carbocycles. The van der Waals surface area contributed by atoms with Crippen molar-refractivity contribution in [1.82, 2.24) is 10.2 Å². The highest BCUT2D eigenvalue weighted by atomic mass is 32.1. The van der Waals surface area contributed by atoms with Crippen molar-refractivity contribution in [1.29, 1.82) is 0 Å². The molecule has 1 aromatic carbocycles. The van der Waals surface area contributed by atoms with Crippen molar-refractivity contribution in [3.05, 3.63) is 34.8 Å². The number of hydrogen-bond donors (Lipinski definition) is 1. The molecule has 0 aliphatic rings. The van der Waals surface area contributed by atoms with Crippen molar-refractivity contribution in [2.45, 2.75) is 71.3 Å². The molecule has 0 amide bonds. The zero-order valence-electron chi connectivity index (χ0n) is 14.1. The first-order valence-electron chi connectivity index (χ1n) is 8.86. The van der Waals surface area contributed by atoms with Crippen molar-refractivity contribution in [2.75, 3.05) is 0 Å². The smallest absolute Gasteiger partial charge is 0.147 e. The van der Waals surface area contributed by atoms with Crippen LogP contribution in [0.5, 0.6) is 0 Å². The van der Waals surface area contributed by atoms with Gasteiger partial charge in [-0.05, 0) is 12.0 Å². The number of aliphatic hydroxyl groups excluding tert-OH is 1. The summed E-state index contributed by atoms with van der Waals surface area (Å²) >= 11 is 1.69. The first-order valence-corrected chi connectivity index (χ1v) is 9.67.